The summed E-state index contributed by atoms with van der Waals surface area (Å²) in [6.45, 7) is 1.82. The number of carboxylic acid groups (broad SMARTS) is 1. The van der Waals surface area contributed by atoms with E-state index in [0.29, 0.717) is 25.3 Å². The first-order chi connectivity index (χ1) is 15.3. The summed E-state index contributed by atoms with van der Waals surface area (Å²) in [5.74, 6) is 1.75. The summed E-state index contributed by atoms with van der Waals surface area (Å²) in [5.41, 5.74) is 13.9. The van der Waals surface area contributed by atoms with Gasteiger partial charge in [0, 0.05) is 19.6 Å². The highest BCUT2D eigenvalue weighted by atomic mass is 16.4. The number of anilines is 2. The highest BCUT2D eigenvalue weighted by Gasteiger charge is 2.54. The Balaban J connectivity index is 0.000000144. The van der Waals surface area contributed by atoms with Gasteiger partial charge < -0.3 is 21.5 Å². The van der Waals surface area contributed by atoms with Crippen molar-refractivity contribution in [2.75, 3.05) is 17.2 Å². The topological polar surface area (TPSA) is 127 Å². The second-order valence-corrected chi connectivity index (χ2v) is 10.4. The second kappa shape index (κ2) is 7.73. The van der Waals surface area contributed by atoms with E-state index in [9.17, 15) is 19.5 Å². The van der Waals surface area contributed by atoms with Gasteiger partial charge in [0.05, 0.1) is 5.41 Å². The maximum Gasteiger partial charge on any atom is 0.309 e. The smallest absolute Gasteiger partial charge is 0.309 e. The van der Waals surface area contributed by atoms with Crippen molar-refractivity contribution in [3.8, 4) is 0 Å². The first kappa shape index (κ1) is 21.2. The number of carbonyl (C=O) groups is 1. The van der Waals surface area contributed by atoms with Crippen molar-refractivity contribution in [3.05, 3.63) is 55.3 Å². The number of carboxylic acids is 1. The van der Waals surface area contributed by atoms with Crippen molar-refractivity contribution in [2.45, 2.75) is 58.0 Å². The first-order valence-electron chi connectivity index (χ1n) is 11.7. The van der Waals surface area contributed by atoms with E-state index in [2.05, 4.69) is 12.1 Å². The fourth-order valence-electron chi connectivity index (χ4n) is 7.01. The highest BCUT2D eigenvalue weighted by molar-refractivity contribution is 5.75. The lowest BCUT2D eigenvalue weighted by Gasteiger charge is -2.54. The Labute approximate surface area is 187 Å². The molecular weight excluding hydrogens is 406 g/mol. The molecule has 7 nitrogen and oxygen atoms in total. The van der Waals surface area contributed by atoms with E-state index in [-0.39, 0.29) is 11.1 Å². The molecule has 0 aromatic heterocycles. The molecule has 170 valence electrons. The molecule has 0 spiro atoms. The summed E-state index contributed by atoms with van der Waals surface area (Å²) >= 11 is 0. The Bertz CT molecular complexity index is 1100. The molecule has 0 radical (unpaired) electrons. The Kier molecular flexibility index (Phi) is 5.12. The number of hydrogen-bond donors (Lipinski definition) is 3. The second-order valence-electron chi connectivity index (χ2n) is 10.4. The molecule has 7 rings (SSSR count). The van der Waals surface area contributed by atoms with Crippen molar-refractivity contribution >= 4 is 17.3 Å². The third-order valence-corrected chi connectivity index (χ3v) is 8.25. The Morgan fingerprint density at radius 1 is 1.03 bits per heavy atom. The Morgan fingerprint density at radius 3 is 2.19 bits per heavy atom. The van der Waals surface area contributed by atoms with E-state index in [1.54, 1.807) is 0 Å². The van der Waals surface area contributed by atoms with Crippen LogP contribution in [0.25, 0.3) is 0 Å². The molecule has 4 saturated carbocycles. The molecular formula is C25H31N3O4. The maximum absolute atomic E-state index is 11.6. The van der Waals surface area contributed by atoms with Gasteiger partial charge in [-0.1, -0.05) is 18.2 Å². The molecule has 2 aromatic carbocycles. The molecule has 5 aliphatic rings. The van der Waals surface area contributed by atoms with Crippen LogP contribution in [0.2, 0.25) is 0 Å². The monoisotopic (exact) mass is 437 g/mol. The van der Waals surface area contributed by atoms with Crippen molar-refractivity contribution in [2.24, 2.45) is 28.9 Å². The van der Waals surface area contributed by atoms with Gasteiger partial charge in [-0.3, -0.25) is 14.4 Å². The molecule has 0 unspecified atom stereocenters. The molecule has 5 N–H and O–H groups in total. The van der Waals surface area contributed by atoms with Crippen molar-refractivity contribution in [3.63, 3.8) is 0 Å². The van der Waals surface area contributed by atoms with Gasteiger partial charge in [-0.25, -0.2) is 0 Å². The van der Waals surface area contributed by atoms with E-state index in [0.717, 1.165) is 54.6 Å². The van der Waals surface area contributed by atoms with Crippen LogP contribution >= 0.6 is 0 Å². The summed E-state index contributed by atoms with van der Waals surface area (Å²) in [7, 11) is 0. The summed E-state index contributed by atoms with van der Waals surface area (Å²) in [5, 5.41) is 9.28. The van der Waals surface area contributed by atoms with Crippen LogP contribution in [0.5, 0.6) is 0 Å². The molecule has 4 fully saturated rings. The molecule has 32 heavy (non-hydrogen) atoms. The van der Waals surface area contributed by atoms with Crippen LogP contribution in [-0.2, 0) is 24.3 Å². The van der Waals surface area contributed by atoms with Crippen LogP contribution in [0.4, 0.5) is 11.4 Å². The number of nitrogens with zero attached hydrogens (tertiary/aromatic N) is 1. The van der Waals surface area contributed by atoms with Crippen LogP contribution in [0.15, 0.2) is 27.8 Å². The van der Waals surface area contributed by atoms with Gasteiger partial charge in [-0.15, -0.1) is 0 Å². The zero-order valence-corrected chi connectivity index (χ0v) is 18.3. The van der Waals surface area contributed by atoms with Gasteiger partial charge in [-0.2, -0.15) is 0 Å². The minimum atomic E-state index is -0.559. The van der Waals surface area contributed by atoms with Gasteiger partial charge in [0.2, 0.25) is 0 Å². The maximum atomic E-state index is 11.6. The van der Waals surface area contributed by atoms with E-state index >= 15 is 0 Å². The van der Waals surface area contributed by atoms with Crippen LogP contribution in [0.1, 0.15) is 55.2 Å². The number of aliphatic carboxylic acids is 1. The number of benzene rings is 1. The SMILES string of the molecule is NCc1ccc2c(c1)CN(c1c(N)c(=O)c1=O)CC2.O=C(O)C12CC3CC(CC(C3)C1)C2. The molecule has 7 heteroatoms. The zero-order valence-electron chi connectivity index (χ0n) is 18.3. The minimum absolute atomic E-state index is 0.100. The van der Waals surface area contributed by atoms with Gasteiger partial charge in [0.1, 0.15) is 11.4 Å². The molecule has 2 aromatic rings. The van der Waals surface area contributed by atoms with Gasteiger partial charge in [-0.05, 0) is 79.4 Å². The summed E-state index contributed by atoms with van der Waals surface area (Å²) in [6, 6.07) is 6.17. The molecule has 1 aliphatic heterocycles. The zero-order chi connectivity index (χ0) is 22.6. The number of hydrogen-bond acceptors (Lipinski definition) is 6. The van der Waals surface area contributed by atoms with Gasteiger partial charge in [0.25, 0.3) is 10.9 Å². The molecule has 0 amide bonds. The average molecular weight is 438 g/mol. The predicted octanol–water partition coefficient (Wildman–Crippen LogP) is 2.17. The fraction of sp³-hybridized carbons (Fsp3) is 0.560. The standard InChI is InChI=1S/C14H15N3O2.C11H16O2/c15-6-8-1-2-9-3-4-17(7-10(9)5-8)12-11(16)13(18)14(12)19;12-10(13)11-4-7-1-8(5-11)3-9(2-7)6-11/h1-2,5H,3-4,6-7,15-16H2;7-9H,1-6H2,(H,12,13). The minimum Gasteiger partial charge on any atom is -0.481 e. The molecule has 0 atom stereocenters. The number of fused-ring (bicyclic) bond motifs is 1. The Hall–Kier alpha value is -2.67. The number of nitrogen functional groups attached to an aromatic ring is 1. The molecule has 4 aliphatic carbocycles. The quantitative estimate of drug-likeness (QED) is 0.628. The van der Waals surface area contributed by atoms with Crippen molar-refractivity contribution in [1.29, 1.82) is 0 Å². The lowest BCUT2D eigenvalue weighted by molar-refractivity contribution is -0.164. The van der Waals surface area contributed by atoms with E-state index < -0.39 is 16.8 Å². The third kappa shape index (κ3) is 3.43. The van der Waals surface area contributed by atoms with Crippen LogP contribution in [0, 0.1) is 23.2 Å². The van der Waals surface area contributed by atoms with E-state index in [1.165, 1.54) is 24.8 Å². The highest BCUT2D eigenvalue weighted by Crippen LogP contribution is 2.60. The first-order valence-corrected chi connectivity index (χ1v) is 11.7. The molecule has 0 saturated heterocycles. The van der Waals surface area contributed by atoms with Crippen LogP contribution < -0.4 is 27.2 Å². The summed E-state index contributed by atoms with van der Waals surface area (Å²) < 4.78 is 0. The third-order valence-electron chi connectivity index (χ3n) is 8.25. The van der Waals surface area contributed by atoms with Crippen LogP contribution in [-0.4, -0.2) is 17.6 Å². The number of rotatable bonds is 3. The van der Waals surface area contributed by atoms with E-state index in [4.69, 9.17) is 11.5 Å². The lowest BCUT2D eigenvalue weighted by atomic mass is 9.49. The normalized spacial score (nSPS) is 30.0. The van der Waals surface area contributed by atoms with Crippen molar-refractivity contribution in [1.82, 2.24) is 0 Å². The van der Waals surface area contributed by atoms with Gasteiger partial charge in [0.15, 0.2) is 0 Å². The summed E-state index contributed by atoms with van der Waals surface area (Å²) in [4.78, 5) is 35.9. The largest absolute Gasteiger partial charge is 0.481 e. The predicted molar refractivity (Wildman–Crippen MR) is 123 cm³/mol. The lowest BCUT2D eigenvalue weighted by Crippen LogP contribution is -2.49. The Morgan fingerprint density at radius 2 is 1.66 bits per heavy atom. The van der Waals surface area contributed by atoms with Crippen molar-refractivity contribution < 1.29 is 9.90 Å². The van der Waals surface area contributed by atoms with Crippen LogP contribution in [0.3, 0.4) is 0 Å². The average Bonchev–Trinajstić information content (AvgIpc) is 2.78. The fourth-order valence-corrected chi connectivity index (χ4v) is 7.01. The number of nitrogens with two attached hydrogens (primary N) is 2. The van der Waals surface area contributed by atoms with E-state index in [1.807, 2.05) is 11.0 Å². The molecule has 4 bridgehead atoms. The van der Waals surface area contributed by atoms with Gasteiger partial charge >= 0.3 is 5.97 Å². The molecule has 1 heterocycles. The summed E-state index contributed by atoms with van der Waals surface area (Å²) in [6.07, 6.45) is 7.76.